The Morgan fingerprint density at radius 3 is 2.28 bits per heavy atom. The van der Waals surface area contributed by atoms with Crippen LogP contribution in [0.15, 0.2) is 12.1 Å². The van der Waals surface area contributed by atoms with Crippen LogP contribution < -0.4 is 4.90 Å². The molecule has 0 aliphatic carbocycles. The lowest BCUT2D eigenvalue weighted by Gasteiger charge is -2.21. The van der Waals surface area contributed by atoms with Gasteiger partial charge in [0, 0.05) is 13.1 Å². The summed E-state index contributed by atoms with van der Waals surface area (Å²) in [5.41, 5.74) is -1.59. The van der Waals surface area contributed by atoms with Crippen LogP contribution in [0.4, 0.5) is 23.2 Å². The molecule has 0 aromatic heterocycles. The molecule has 0 spiro atoms. The fourth-order valence-electron chi connectivity index (χ4n) is 2.12. The smallest absolute Gasteiger partial charge is 0.368 e. The molecule has 1 aliphatic heterocycles. The zero-order valence-electron chi connectivity index (χ0n) is 9.39. The molecule has 0 atom stereocenters. The number of benzene rings is 1. The Bertz CT molecular complexity index is 496. The van der Waals surface area contributed by atoms with Gasteiger partial charge in [-0.2, -0.15) is 18.4 Å². The molecule has 0 N–H and O–H groups in total. The van der Waals surface area contributed by atoms with Crippen LogP contribution in [0.25, 0.3) is 0 Å². The Morgan fingerprint density at radius 2 is 1.78 bits per heavy atom. The van der Waals surface area contributed by atoms with E-state index in [0.717, 1.165) is 18.9 Å². The molecular formula is C12H10F4N2. The van der Waals surface area contributed by atoms with Crippen molar-refractivity contribution in [2.75, 3.05) is 18.0 Å². The van der Waals surface area contributed by atoms with E-state index >= 15 is 0 Å². The van der Waals surface area contributed by atoms with Crippen molar-refractivity contribution in [3.05, 3.63) is 29.1 Å². The standard InChI is InChI=1S/C12H10F4N2/c13-10-9(12(14,15)16)4-3-8(7-17)11(10)18-5-1-2-6-18/h3-4H,1-2,5-6H2. The first kappa shape index (κ1) is 12.7. The van der Waals surface area contributed by atoms with Crippen molar-refractivity contribution in [3.63, 3.8) is 0 Å². The molecule has 2 rings (SSSR count). The van der Waals surface area contributed by atoms with Crippen molar-refractivity contribution < 1.29 is 17.6 Å². The minimum Gasteiger partial charge on any atom is -0.368 e. The van der Waals surface area contributed by atoms with Gasteiger partial charge in [0.1, 0.15) is 6.07 Å². The normalized spacial score (nSPS) is 15.8. The lowest BCUT2D eigenvalue weighted by molar-refractivity contribution is -0.139. The second-order valence-corrected chi connectivity index (χ2v) is 4.13. The van der Waals surface area contributed by atoms with Gasteiger partial charge in [0.15, 0.2) is 5.82 Å². The van der Waals surface area contributed by atoms with Crippen LogP contribution in [0, 0.1) is 17.1 Å². The molecule has 1 saturated heterocycles. The molecule has 0 bridgehead atoms. The van der Waals surface area contributed by atoms with Gasteiger partial charge < -0.3 is 4.90 Å². The lowest BCUT2D eigenvalue weighted by Crippen LogP contribution is -2.22. The maximum absolute atomic E-state index is 14.0. The number of nitriles is 1. The van der Waals surface area contributed by atoms with E-state index in [-0.39, 0.29) is 11.3 Å². The van der Waals surface area contributed by atoms with Crippen LogP contribution in [-0.2, 0) is 6.18 Å². The summed E-state index contributed by atoms with van der Waals surface area (Å²) in [5, 5.41) is 8.87. The van der Waals surface area contributed by atoms with E-state index in [4.69, 9.17) is 5.26 Å². The van der Waals surface area contributed by atoms with Gasteiger partial charge in [-0.25, -0.2) is 4.39 Å². The molecule has 96 valence electrons. The Labute approximate surface area is 101 Å². The average molecular weight is 258 g/mol. The van der Waals surface area contributed by atoms with E-state index < -0.39 is 17.6 Å². The SMILES string of the molecule is N#Cc1ccc(C(F)(F)F)c(F)c1N1CCCC1. The van der Waals surface area contributed by atoms with Crippen LogP contribution in [0.2, 0.25) is 0 Å². The second kappa shape index (κ2) is 4.48. The molecule has 1 heterocycles. The molecule has 1 aliphatic rings. The van der Waals surface area contributed by atoms with Crippen molar-refractivity contribution >= 4 is 5.69 Å². The molecule has 0 unspecified atom stereocenters. The van der Waals surface area contributed by atoms with Crippen LogP contribution in [0.5, 0.6) is 0 Å². The Kier molecular flexibility index (Phi) is 3.16. The van der Waals surface area contributed by atoms with Gasteiger partial charge in [0.05, 0.1) is 16.8 Å². The van der Waals surface area contributed by atoms with Crippen molar-refractivity contribution in [2.24, 2.45) is 0 Å². The second-order valence-electron chi connectivity index (χ2n) is 4.13. The van der Waals surface area contributed by atoms with Gasteiger partial charge >= 0.3 is 6.18 Å². The Morgan fingerprint density at radius 1 is 1.17 bits per heavy atom. The van der Waals surface area contributed by atoms with Gasteiger partial charge in [-0.3, -0.25) is 0 Å². The molecule has 18 heavy (non-hydrogen) atoms. The minimum absolute atomic E-state index is 0.0533. The highest BCUT2D eigenvalue weighted by Gasteiger charge is 2.36. The monoisotopic (exact) mass is 258 g/mol. The van der Waals surface area contributed by atoms with Crippen LogP contribution in [0.3, 0.4) is 0 Å². The summed E-state index contributed by atoms with van der Waals surface area (Å²) in [6, 6.07) is 3.39. The van der Waals surface area contributed by atoms with E-state index in [1.807, 2.05) is 0 Å². The minimum atomic E-state index is -4.74. The molecular weight excluding hydrogens is 248 g/mol. The largest absolute Gasteiger partial charge is 0.419 e. The van der Waals surface area contributed by atoms with Crippen LogP contribution in [0.1, 0.15) is 24.0 Å². The van der Waals surface area contributed by atoms with Gasteiger partial charge in [0.2, 0.25) is 0 Å². The number of nitrogens with zero attached hydrogens (tertiary/aromatic N) is 2. The first-order valence-corrected chi connectivity index (χ1v) is 5.50. The molecule has 1 aromatic rings. The summed E-state index contributed by atoms with van der Waals surface area (Å²) in [6.45, 7) is 0.958. The first-order chi connectivity index (χ1) is 8.45. The average Bonchev–Trinajstić information content (AvgIpc) is 2.79. The molecule has 6 heteroatoms. The topological polar surface area (TPSA) is 27.0 Å². The fraction of sp³-hybridized carbons (Fsp3) is 0.417. The molecule has 0 amide bonds. The summed E-state index contributed by atoms with van der Waals surface area (Å²) in [7, 11) is 0. The fourth-order valence-corrected chi connectivity index (χ4v) is 2.12. The van der Waals surface area contributed by atoms with E-state index in [9.17, 15) is 17.6 Å². The summed E-state index contributed by atoms with van der Waals surface area (Å²) in [5.74, 6) is -1.34. The van der Waals surface area contributed by atoms with Crippen molar-refractivity contribution in [3.8, 4) is 6.07 Å². The Hall–Kier alpha value is -1.77. The van der Waals surface area contributed by atoms with E-state index in [1.54, 1.807) is 6.07 Å². The number of alkyl halides is 3. The zero-order valence-corrected chi connectivity index (χ0v) is 9.39. The first-order valence-electron chi connectivity index (χ1n) is 5.50. The van der Waals surface area contributed by atoms with Gasteiger partial charge in [-0.05, 0) is 25.0 Å². The third-order valence-corrected chi connectivity index (χ3v) is 2.96. The molecule has 1 aromatic carbocycles. The summed E-state index contributed by atoms with van der Waals surface area (Å²) in [4.78, 5) is 1.50. The predicted molar refractivity (Wildman–Crippen MR) is 57.6 cm³/mol. The molecule has 1 fully saturated rings. The Balaban J connectivity index is 2.57. The molecule has 0 radical (unpaired) electrons. The van der Waals surface area contributed by atoms with Gasteiger partial charge in [-0.15, -0.1) is 0 Å². The maximum atomic E-state index is 14.0. The zero-order chi connectivity index (χ0) is 13.3. The number of anilines is 1. The van der Waals surface area contributed by atoms with Crippen molar-refractivity contribution in [1.82, 2.24) is 0 Å². The third kappa shape index (κ3) is 2.13. The van der Waals surface area contributed by atoms with Gasteiger partial charge in [-0.1, -0.05) is 0 Å². The number of rotatable bonds is 1. The predicted octanol–water partition coefficient (Wildman–Crippen LogP) is 3.32. The number of halogens is 4. The van der Waals surface area contributed by atoms with Crippen LogP contribution >= 0.6 is 0 Å². The highest BCUT2D eigenvalue weighted by molar-refractivity contribution is 5.62. The highest BCUT2D eigenvalue weighted by atomic mass is 19.4. The van der Waals surface area contributed by atoms with E-state index in [2.05, 4.69) is 0 Å². The number of hydrogen-bond donors (Lipinski definition) is 0. The summed E-state index contributed by atoms with van der Waals surface area (Å²) < 4.78 is 51.8. The third-order valence-electron chi connectivity index (χ3n) is 2.96. The molecule has 2 nitrogen and oxygen atoms in total. The summed E-state index contributed by atoms with van der Waals surface area (Å²) in [6.07, 6.45) is -3.16. The maximum Gasteiger partial charge on any atom is 0.419 e. The van der Waals surface area contributed by atoms with Gasteiger partial charge in [0.25, 0.3) is 0 Å². The van der Waals surface area contributed by atoms with Crippen molar-refractivity contribution in [1.29, 1.82) is 5.26 Å². The van der Waals surface area contributed by atoms with E-state index in [1.165, 1.54) is 4.90 Å². The highest BCUT2D eigenvalue weighted by Crippen LogP contribution is 2.37. The number of hydrogen-bond acceptors (Lipinski definition) is 2. The summed E-state index contributed by atoms with van der Waals surface area (Å²) >= 11 is 0. The van der Waals surface area contributed by atoms with E-state index in [0.29, 0.717) is 19.2 Å². The molecule has 0 saturated carbocycles. The van der Waals surface area contributed by atoms with Crippen molar-refractivity contribution in [2.45, 2.75) is 19.0 Å². The quantitative estimate of drug-likeness (QED) is 0.722. The van der Waals surface area contributed by atoms with Crippen LogP contribution in [-0.4, -0.2) is 13.1 Å². The lowest BCUT2D eigenvalue weighted by atomic mass is 10.1.